The third-order valence-electron chi connectivity index (χ3n) is 9.09. The summed E-state index contributed by atoms with van der Waals surface area (Å²) in [5, 5.41) is 0. The molecule has 3 aliphatic rings. The molecule has 2 aromatic rings. The van der Waals surface area contributed by atoms with E-state index in [2.05, 4.69) is 27.7 Å². The van der Waals surface area contributed by atoms with Gasteiger partial charge in [-0.05, 0) is 114 Å². The average Bonchev–Trinajstić information content (AvgIpc) is 3.38. The van der Waals surface area contributed by atoms with E-state index in [9.17, 15) is 0 Å². The van der Waals surface area contributed by atoms with Crippen molar-refractivity contribution in [2.75, 3.05) is 14.2 Å². The molecule has 8 nitrogen and oxygen atoms in total. The molecule has 3 aliphatic heterocycles. The molecule has 3 fully saturated rings. The standard InChI is InChI=1S/C12H24B2O4.C7H15BO2.2C7H8O.CH4.CH3.K.Y.H/c1-9(2)10(3,4)16-13(15-9)14-17-11(5,6)12(7,8)18-14;1-6(2)7(3,4)10-8(5)9-6;2*1-8-7-5-3-2-4-6-7;;;;;/h1-8H3;1-5H3;2*2-6H,1H3;1H4;1H3;;;/q;;;;;-1;+1;;-1. The Kier molecular flexibility index (Phi) is 23.7. The van der Waals surface area contributed by atoms with Crippen LogP contribution in [0.15, 0.2) is 60.7 Å². The average molecular weight is 772 g/mol. The van der Waals surface area contributed by atoms with Crippen molar-refractivity contribution >= 4 is 21.1 Å². The first-order chi connectivity index (χ1) is 20.1. The van der Waals surface area contributed by atoms with Crippen LogP contribution in [0.2, 0.25) is 6.82 Å². The maximum Gasteiger partial charge on any atom is 1.00 e. The van der Waals surface area contributed by atoms with Crippen molar-refractivity contribution in [2.45, 2.75) is 131 Å². The normalized spacial score (nSPS) is 20.9. The van der Waals surface area contributed by atoms with Gasteiger partial charge >= 0.3 is 72.5 Å². The van der Waals surface area contributed by atoms with Crippen LogP contribution in [0.3, 0.4) is 0 Å². The minimum Gasteiger partial charge on any atom is -1.00 e. The van der Waals surface area contributed by atoms with Crippen molar-refractivity contribution in [1.82, 2.24) is 0 Å². The number of methoxy groups -OCH3 is 2. The van der Waals surface area contributed by atoms with E-state index < -0.39 is 14.0 Å². The van der Waals surface area contributed by atoms with Crippen LogP contribution in [0.5, 0.6) is 11.5 Å². The van der Waals surface area contributed by atoms with Crippen LogP contribution in [-0.2, 0) is 60.6 Å². The molecule has 0 bridgehead atoms. The van der Waals surface area contributed by atoms with E-state index in [-0.39, 0.29) is 141 Å². The molecule has 0 aromatic heterocycles. The molecule has 0 atom stereocenters. The van der Waals surface area contributed by atoms with Crippen LogP contribution in [0, 0.1) is 7.43 Å². The molecule has 13 heteroatoms. The van der Waals surface area contributed by atoms with Gasteiger partial charge in [-0.1, -0.05) is 43.8 Å². The molecular weight excluding hydrogens is 709 g/mol. The quantitative estimate of drug-likeness (QED) is 0.298. The Morgan fingerprint density at radius 3 is 0.833 bits per heavy atom. The van der Waals surface area contributed by atoms with E-state index in [0.29, 0.717) is 0 Å². The molecule has 0 saturated carbocycles. The summed E-state index contributed by atoms with van der Waals surface area (Å²) in [6.45, 7) is 26.3. The Labute approximate surface area is 364 Å². The number of ether oxygens (including phenoxy) is 2. The van der Waals surface area contributed by atoms with Gasteiger partial charge in [0.1, 0.15) is 11.5 Å². The molecule has 2 aromatic carbocycles. The predicted octanol–water partition coefficient (Wildman–Crippen LogP) is 5.55. The molecule has 265 valence electrons. The summed E-state index contributed by atoms with van der Waals surface area (Å²) in [5.74, 6) is 1.82. The van der Waals surface area contributed by atoms with Gasteiger partial charge < -0.3 is 46.3 Å². The Balaban J connectivity index is -0.000000283. The summed E-state index contributed by atoms with van der Waals surface area (Å²) in [7, 11) is 2.31. The number of para-hydroxylation sites is 2. The molecule has 48 heavy (non-hydrogen) atoms. The Hall–Kier alpha value is 0.735. The van der Waals surface area contributed by atoms with Gasteiger partial charge in [0.2, 0.25) is 0 Å². The molecule has 0 N–H and O–H groups in total. The summed E-state index contributed by atoms with van der Waals surface area (Å²) in [6.07, 6.45) is 0. The van der Waals surface area contributed by atoms with Crippen LogP contribution in [-0.4, -0.2) is 69.0 Å². The molecule has 0 amide bonds. The van der Waals surface area contributed by atoms with E-state index in [4.69, 9.17) is 37.4 Å². The van der Waals surface area contributed by atoms with Crippen LogP contribution in [0.1, 0.15) is 91.9 Å². The maximum atomic E-state index is 5.96. The summed E-state index contributed by atoms with van der Waals surface area (Å²) in [4.78, 5) is 0. The van der Waals surface area contributed by atoms with Gasteiger partial charge in [-0.25, -0.2) is 0 Å². The van der Waals surface area contributed by atoms with Gasteiger partial charge in [-0.2, -0.15) is 0 Å². The second-order valence-corrected chi connectivity index (χ2v) is 14.1. The molecule has 0 unspecified atom stereocenters. The van der Waals surface area contributed by atoms with E-state index in [1.54, 1.807) is 14.2 Å². The smallest absolute Gasteiger partial charge is 1.00 e. The summed E-state index contributed by atoms with van der Waals surface area (Å²) in [6, 6.07) is 19.4. The topological polar surface area (TPSA) is 73.8 Å². The summed E-state index contributed by atoms with van der Waals surface area (Å²) < 4.78 is 44.8. The van der Waals surface area contributed by atoms with Crippen molar-refractivity contribution in [3.05, 3.63) is 68.1 Å². The largest absolute Gasteiger partial charge is 1.00 e. The van der Waals surface area contributed by atoms with Crippen LogP contribution in [0.25, 0.3) is 0 Å². The van der Waals surface area contributed by atoms with Crippen LogP contribution < -0.4 is 60.9 Å². The van der Waals surface area contributed by atoms with E-state index in [0.717, 1.165) is 11.5 Å². The minimum atomic E-state index is -0.476. The van der Waals surface area contributed by atoms with E-state index in [1.807, 2.05) is 123 Å². The minimum absolute atomic E-state index is 0. The van der Waals surface area contributed by atoms with Gasteiger partial charge in [0, 0.05) is 32.7 Å². The zero-order valence-electron chi connectivity index (χ0n) is 33.3. The van der Waals surface area contributed by atoms with Crippen LogP contribution in [0.4, 0.5) is 0 Å². The molecule has 3 heterocycles. The first-order valence-electron chi connectivity index (χ1n) is 15.3. The van der Waals surface area contributed by atoms with Gasteiger partial charge in [0.05, 0.1) is 47.8 Å². The van der Waals surface area contributed by atoms with Gasteiger partial charge in [0.25, 0.3) is 0 Å². The Bertz CT molecular complexity index is 1040. The van der Waals surface area contributed by atoms with E-state index in [1.165, 1.54) is 0 Å². The fourth-order valence-corrected chi connectivity index (χ4v) is 4.25. The second-order valence-electron chi connectivity index (χ2n) is 14.1. The fourth-order valence-electron chi connectivity index (χ4n) is 4.25. The molecule has 0 aliphatic carbocycles. The molecular formula is C35H63B3KO8Y-. The van der Waals surface area contributed by atoms with Gasteiger partial charge in [-0.3, -0.25) is 0 Å². The summed E-state index contributed by atoms with van der Waals surface area (Å²) >= 11 is 0. The van der Waals surface area contributed by atoms with Crippen molar-refractivity contribution < 1.29 is 123 Å². The van der Waals surface area contributed by atoms with Crippen molar-refractivity contribution in [3.8, 4) is 11.5 Å². The molecule has 3 saturated heterocycles. The SMILES string of the molecule is C.CB1OC(C)(C)C(C)(C)O1.CC1(C)OB(B2OC(C)(C)C(C)(C)O2)OC1(C)C.COc1ccccc1.COc1ccccc1.[CH3-].[H-].[K+].[Y]. The Morgan fingerprint density at radius 2 is 0.688 bits per heavy atom. The second kappa shape index (κ2) is 21.4. The van der Waals surface area contributed by atoms with Crippen molar-refractivity contribution in [3.63, 3.8) is 0 Å². The first-order valence-corrected chi connectivity index (χ1v) is 15.3. The zero-order valence-corrected chi connectivity index (χ0v) is 38.3. The van der Waals surface area contributed by atoms with Crippen LogP contribution >= 0.6 is 0 Å². The monoisotopic (exact) mass is 772 g/mol. The fraction of sp³-hybridized carbons (Fsp3) is 0.629. The van der Waals surface area contributed by atoms with Crippen molar-refractivity contribution in [1.29, 1.82) is 0 Å². The number of hydrogen-bond acceptors (Lipinski definition) is 8. The van der Waals surface area contributed by atoms with Gasteiger partial charge in [-0.15, -0.1) is 0 Å². The Morgan fingerprint density at radius 1 is 0.479 bits per heavy atom. The maximum absolute atomic E-state index is 5.96. The molecule has 1 radical (unpaired) electrons. The first kappa shape index (κ1) is 53.1. The summed E-state index contributed by atoms with van der Waals surface area (Å²) in [5.41, 5.74) is -1.76. The van der Waals surface area contributed by atoms with Gasteiger partial charge in [0.15, 0.2) is 0 Å². The molecule has 0 spiro atoms. The van der Waals surface area contributed by atoms with Crippen molar-refractivity contribution in [2.24, 2.45) is 0 Å². The number of hydrogen-bond donors (Lipinski definition) is 0. The third kappa shape index (κ3) is 14.6. The zero-order chi connectivity index (χ0) is 33.6. The third-order valence-corrected chi connectivity index (χ3v) is 9.09. The molecule has 5 rings (SSSR count). The number of benzene rings is 2. The van der Waals surface area contributed by atoms with E-state index >= 15 is 0 Å². The number of rotatable bonds is 3. The predicted molar refractivity (Wildman–Crippen MR) is 194 cm³/mol.